The van der Waals surface area contributed by atoms with Gasteiger partial charge in [0.2, 0.25) is 5.91 Å². The first-order valence-corrected chi connectivity index (χ1v) is 12.7. The molecule has 7 heteroatoms. The first-order valence-electron chi connectivity index (χ1n) is 11.9. The van der Waals surface area contributed by atoms with Crippen molar-refractivity contribution in [1.29, 1.82) is 0 Å². The predicted octanol–water partition coefficient (Wildman–Crippen LogP) is 5.88. The Labute approximate surface area is 210 Å². The molecular formula is C28H32N2O4S. The van der Waals surface area contributed by atoms with Gasteiger partial charge in [0, 0.05) is 25.4 Å². The normalized spacial score (nSPS) is 10.8. The quantitative estimate of drug-likeness (QED) is 0.359. The van der Waals surface area contributed by atoms with E-state index < -0.39 is 5.97 Å². The van der Waals surface area contributed by atoms with Gasteiger partial charge in [0.25, 0.3) is 5.91 Å². The van der Waals surface area contributed by atoms with E-state index in [9.17, 15) is 14.4 Å². The minimum Gasteiger partial charge on any atom is -0.462 e. The van der Waals surface area contributed by atoms with E-state index in [0.29, 0.717) is 28.5 Å². The van der Waals surface area contributed by atoms with E-state index in [4.69, 9.17) is 4.74 Å². The lowest BCUT2D eigenvalue weighted by Crippen LogP contribution is -2.30. The molecule has 3 aromatic rings. The topological polar surface area (TPSA) is 75.7 Å². The number of carbonyl (C=O) groups is 3. The second-order valence-corrected chi connectivity index (χ2v) is 9.11. The number of amides is 2. The zero-order valence-corrected chi connectivity index (χ0v) is 21.5. The molecule has 0 atom stereocenters. The van der Waals surface area contributed by atoms with Gasteiger partial charge in [-0.25, -0.2) is 4.79 Å². The summed E-state index contributed by atoms with van der Waals surface area (Å²) in [5.74, 6) is -1.09. The number of nitrogens with zero attached hydrogens (tertiary/aromatic N) is 1. The van der Waals surface area contributed by atoms with Crippen LogP contribution in [0, 0.1) is 6.92 Å². The summed E-state index contributed by atoms with van der Waals surface area (Å²) in [6.07, 6.45) is 0.187. The third-order valence-corrected chi connectivity index (χ3v) is 7.11. The largest absolute Gasteiger partial charge is 0.462 e. The monoisotopic (exact) mass is 492 g/mol. The fourth-order valence-corrected chi connectivity index (χ4v) is 5.25. The minimum absolute atomic E-state index is 0.152. The van der Waals surface area contributed by atoms with E-state index in [2.05, 4.69) is 5.32 Å². The number of hydrogen-bond donors (Lipinski definition) is 1. The molecule has 184 valence electrons. The van der Waals surface area contributed by atoms with Gasteiger partial charge in [-0.1, -0.05) is 60.7 Å². The zero-order valence-electron chi connectivity index (χ0n) is 20.7. The van der Waals surface area contributed by atoms with Gasteiger partial charge in [0.1, 0.15) is 5.00 Å². The molecule has 3 rings (SSSR count). The third-order valence-electron chi connectivity index (χ3n) is 5.92. The van der Waals surface area contributed by atoms with Crippen LogP contribution in [0.2, 0.25) is 0 Å². The molecule has 1 heterocycles. The minimum atomic E-state index is -0.544. The maximum Gasteiger partial charge on any atom is 0.341 e. The van der Waals surface area contributed by atoms with Crippen molar-refractivity contribution in [3.8, 4) is 0 Å². The first kappa shape index (κ1) is 26.2. The molecule has 0 aliphatic carbocycles. The van der Waals surface area contributed by atoms with Crippen LogP contribution in [0.4, 0.5) is 5.00 Å². The lowest BCUT2D eigenvalue weighted by molar-refractivity contribution is -0.116. The summed E-state index contributed by atoms with van der Waals surface area (Å²) in [6.45, 7) is 8.58. The van der Waals surface area contributed by atoms with Gasteiger partial charge in [-0.05, 0) is 44.4 Å². The van der Waals surface area contributed by atoms with Crippen LogP contribution in [0.3, 0.4) is 0 Å². The Morgan fingerprint density at radius 3 is 1.94 bits per heavy atom. The number of carbonyl (C=O) groups excluding carboxylic acids is 3. The number of anilines is 1. The molecule has 0 saturated heterocycles. The Morgan fingerprint density at radius 1 is 0.914 bits per heavy atom. The van der Waals surface area contributed by atoms with Crippen LogP contribution in [-0.4, -0.2) is 42.4 Å². The predicted molar refractivity (Wildman–Crippen MR) is 140 cm³/mol. The average Bonchev–Trinajstić information content (AvgIpc) is 3.19. The number of rotatable bonds is 10. The van der Waals surface area contributed by atoms with Crippen LogP contribution in [0.15, 0.2) is 60.7 Å². The van der Waals surface area contributed by atoms with Gasteiger partial charge >= 0.3 is 5.97 Å². The van der Waals surface area contributed by atoms with Crippen molar-refractivity contribution in [1.82, 2.24) is 4.90 Å². The van der Waals surface area contributed by atoms with Crippen LogP contribution < -0.4 is 5.32 Å². The van der Waals surface area contributed by atoms with Gasteiger partial charge in [0.15, 0.2) is 0 Å². The fraction of sp³-hybridized carbons (Fsp3) is 0.321. The molecule has 0 saturated carbocycles. The average molecular weight is 493 g/mol. The molecule has 0 fully saturated rings. The molecule has 1 aromatic heterocycles. The molecule has 0 radical (unpaired) electrons. The molecule has 0 unspecified atom stereocenters. The second-order valence-electron chi connectivity index (χ2n) is 8.08. The fourth-order valence-electron chi connectivity index (χ4n) is 4.07. The highest BCUT2D eigenvalue weighted by atomic mass is 32.1. The number of esters is 1. The summed E-state index contributed by atoms with van der Waals surface area (Å²) < 4.78 is 5.25. The highest BCUT2D eigenvalue weighted by Crippen LogP contribution is 2.36. The van der Waals surface area contributed by atoms with Crippen LogP contribution in [0.5, 0.6) is 0 Å². The molecule has 0 bridgehead atoms. The van der Waals surface area contributed by atoms with Crippen molar-refractivity contribution in [2.24, 2.45) is 0 Å². The smallest absolute Gasteiger partial charge is 0.341 e. The highest BCUT2D eigenvalue weighted by molar-refractivity contribution is 7.18. The van der Waals surface area contributed by atoms with Crippen LogP contribution in [0.25, 0.3) is 0 Å². The van der Waals surface area contributed by atoms with Gasteiger partial charge in [-0.2, -0.15) is 0 Å². The summed E-state index contributed by atoms with van der Waals surface area (Å²) in [5.41, 5.74) is 2.83. The molecular weight excluding hydrogens is 460 g/mol. The van der Waals surface area contributed by atoms with Crippen molar-refractivity contribution in [3.05, 3.63) is 87.8 Å². The number of nitrogens with one attached hydrogen (secondary N) is 1. The van der Waals surface area contributed by atoms with E-state index in [0.717, 1.165) is 22.5 Å². The Kier molecular flexibility index (Phi) is 9.20. The Balaban J connectivity index is 1.94. The van der Waals surface area contributed by atoms with E-state index in [1.54, 1.807) is 18.7 Å². The van der Waals surface area contributed by atoms with Crippen LogP contribution >= 0.6 is 11.3 Å². The molecule has 2 aromatic carbocycles. The molecule has 0 aliphatic heterocycles. The number of benzene rings is 2. The van der Waals surface area contributed by atoms with Crippen molar-refractivity contribution in [2.45, 2.75) is 40.0 Å². The first-order chi connectivity index (χ1) is 16.9. The Hall–Kier alpha value is -3.45. The summed E-state index contributed by atoms with van der Waals surface area (Å²) in [7, 11) is 0. The van der Waals surface area contributed by atoms with Crippen molar-refractivity contribution in [2.75, 3.05) is 25.0 Å². The maximum atomic E-state index is 13.3. The highest BCUT2D eigenvalue weighted by Gasteiger charge is 2.29. The van der Waals surface area contributed by atoms with Gasteiger partial charge in [-0.3, -0.25) is 9.59 Å². The van der Waals surface area contributed by atoms with E-state index in [-0.39, 0.29) is 36.3 Å². The molecule has 2 amide bonds. The summed E-state index contributed by atoms with van der Waals surface area (Å²) in [5, 5.41) is 3.27. The zero-order chi connectivity index (χ0) is 25.4. The van der Waals surface area contributed by atoms with Gasteiger partial charge < -0.3 is 15.0 Å². The van der Waals surface area contributed by atoms with E-state index in [1.807, 2.05) is 74.5 Å². The van der Waals surface area contributed by atoms with Gasteiger partial charge in [-0.15, -0.1) is 11.3 Å². The van der Waals surface area contributed by atoms with E-state index >= 15 is 0 Å². The standard InChI is InChI=1S/C28H32N2O4S/c1-5-30(6-2)27(32)25-19(4)24(28(33)34-7-3)26(35-25)29-23(31)18-22(20-14-10-8-11-15-20)21-16-12-9-13-17-21/h8-17,22H,5-7,18H2,1-4H3,(H,29,31). The lowest BCUT2D eigenvalue weighted by Gasteiger charge is -2.18. The van der Waals surface area contributed by atoms with Crippen molar-refractivity contribution >= 4 is 34.1 Å². The summed E-state index contributed by atoms with van der Waals surface area (Å²) in [4.78, 5) is 41.3. The second kappa shape index (κ2) is 12.3. The number of hydrogen-bond acceptors (Lipinski definition) is 5. The Bertz CT molecular complexity index is 1110. The maximum absolute atomic E-state index is 13.3. The summed E-state index contributed by atoms with van der Waals surface area (Å²) in [6, 6.07) is 19.7. The molecule has 1 N–H and O–H groups in total. The molecule has 0 spiro atoms. The van der Waals surface area contributed by atoms with Crippen molar-refractivity contribution < 1.29 is 19.1 Å². The van der Waals surface area contributed by atoms with Crippen LogP contribution in [0.1, 0.15) is 69.8 Å². The van der Waals surface area contributed by atoms with Crippen LogP contribution in [-0.2, 0) is 9.53 Å². The lowest BCUT2D eigenvalue weighted by atomic mass is 9.88. The molecule has 6 nitrogen and oxygen atoms in total. The number of thiophene rings is 1. The summed E-state index contributed by atoms with van der Waals surface area (Å²) >= 11 is 1.13. The Morgan fingerprint density at radius 2 is 1.46 bits per heavy atom. The molecule has 35 heavy (non-hydrogen) atoms. The third kappa shape index (κ3) is 6.17. The number of ether oxygens (including phenoxy) is 1. The molecule has 0 aliphatic rings. The van der Waals surface area contributed by atoms with E-state index in [1.165, 1.54) is 0 Å². The SMILES string of the molecule is CCOC(=O)c1c(NC(=O)CC(c2ccccc2)c2ccccc2)sc(C(=O)N(CC)CC)c1C. The van der Waals surface area contributed by atoms with Crippen molar-refractivity contribution in [3.63, 3.8) is 0 Å². The van der Waals surface area contributed by atoms with Gasteiger partial charge in [0.05, 0.1) is 17.0 Å².